The molecule has 0 fully saturated rings. The molecule has 0 saturated heterocycles. The van der Waals surface area contributed by atoms with Gasteiger partial charge in [0.25, 0.3) is 0 Å². The van der Waals surface area contributed by atoms with Crippen LogP contribution in [0, 0.1) is 0 Å². The number of anilines is 2. The minimum absolute atomic E-state index is 0.353. The lowest BCUT2D eigenvalue weighted by atomic mass is 10.2. The van der Waals surface area contributed by atoms with Gasteiger partial charge < -0.3 is 14.3 Å². The van der Waals surface area contributed by atoms with E-state index >= 15 is 0 Å². The molecule has 196 valence electrons. The lowest BCUT2D eigenvalue weighted by Crippen LogP contribution is -2.49. The van der Waals surface area contributed by atoms with Crippen LogP contribution in [-0.4, -0.2) is 49.1 Å². The Morgan fingerprint density at radius 1 is 0.784 bits per heavy atom. The van der Waals surface area contributed by atoms with Crippen LogP contribution in [0.3, 0.4) is 0 Å². The third-order valence-corrected chi connectivity index (χ3v) is 10.1. The average Bonchev–Trinajstić information content (AvgIpc) is 3.48. The molecule has 0 spiro atoms. The second-order valence-electron chi connectivity index (χ2n) is 9.51. The molecule has 3 nitrogen and oxygen atoms in total. The first-order valence-electron chi connectivity index (χ1n) is 13.8. The Bertz CT molecular complexity index is 1140. The summed E-state index contributed by atoms with van der Waals surface area (Å²) in [5.41, 5.74) is 2.70. The van der Waals surface area contributed by atoms with Gasteiger partial charge in [-0.15, -0.1) is 0 Å². The maximum Gasteiger partial charge on any atom is 0.0985 e. The van der Waals surface area contributed by atoms with Gasteiger partial charge in [-0.3, -0.25) is 0 Å². The molecule has 0 aliphatic carbocycles. The summed E-state index contributed by atoms with van der Waals surface area (Å²) in [5, 5.41) is 1.64. The van der Waals surface area contributed by atoms with Crippen LogP contribution in [0.4, 0.5) is 11.4 Å². The molecule has 0 radical (unpaired) electrons. The van der Waals surface area contributed by atoms with Crippen molar-refractivity contribution >= 4 is 34.9 Å². The van der Waals surface area contributed by atoms with Crippen LogP contribution in [-0.2, 0) is 0 Å². The summed E-state index contributed by atoms with van der Waals surface area (Å²) in [6.45, 7) is 16.2. The number of allylic oxidation sites excluding steroid dienone is 6. The van der Waals surface area contributed by atoms with E-state index in [1.165, 1.54) is 63.3 Å². The first-order chi connectivity index (χ1) is 18.1. The fourth-order valence-electron chi connectivity index (χ4n) is 5.23. The smallest absolute Gasteiger partial charge is 0.0985 e. The Kier molecular flexibility index (Phi) is 10.1. The lowest BCUT2D eigenvalue weighted by molar-refractivity contribution is -0.923. The molecule has 2 aromatic rings. The van der Waals surface area contributed by atoms with E-state index < -0.39 is 0 Å². The van der Waals surface area contributed by atoms with Gasteiger partial charge in [0.05, 0.1) is 48.0 Å². The van der Waals surface area contributed by atoms with E-state index in [0.29, 0.717) is 5.37 Å². The van der Waals surface area contributed by atoms with E-state index in [4.69, 9.17) is 0 Å². The van der Waals surface area contributed by atoms with Crippen molar-refractivity contribution < 1.29 is 4.48 Å². The molecule has 0 bridgehead atoms. The number of quaternary nitrogens is 1. The summed E-state index contributed by atoms with van der Waals surface area (Å²) in [6.07, 6.45) is 16.5. The molecule has 0 saturated carbocycles. The van der Waals surface area contributed by atoms with Gasteiger partial charge in [0.15, 0.2) is 0 Å². The van der Waals surface area contributed by atoms with Gasteiger partial charge in [-0.2, -0.15) is 0 Å². The zero-order chi connectivity index (χ0) is 26.1. The van der Waals surface area contributed by atoms with E-state index in [0.717, 1.165) is 13.1 Å². The van der Waals surface area contributed by atoms with E-state index in [2.05, 4.69) is 129 Å². The predicted molar refractivity (Wildman–Crippen MR) is 166 cm³/mol. The van der Waals surface area contributed by atoms with Crippen molar-refractivity contribution in [1.82, 2.24) is 0 Å². The van der Waals surface area contributed by atoms with Crippen molar-refractivity contribution in [3.63, 3.8) is 0 Å². The number of hydrogen-bond acceptors (Lipinski definition) is 4. The SMILES string of the molecule is CCN1C(=CC=CC=CC=CC2Sc3ccccc3N2CCC[N+](CC)(CC)CC)Sc2ccccc21. The zero-order valence-corrected chi connectivity index (χ0v) is 24.5. The Hall–Kier alpha value is -2.34. The van der Waals surface area contributed by atoms with Gasteiger partial charge in [0.2, 0.25) is 0 Å². The van der Waals surface area contributed by atoms with Gasteiger partial charge in [-0.1, -0.05) is 84.2 Å². The van der Waals surface area contributed by atoms with Crippen molar-refractivity contribution in [3.8, 4) is 0 Å². The fourth-order valence-corrected chi connectivity index (χ4v) is 7.61. The summed E-state index contributed by atoms with van der Waals surface area (Å²) in [4.78, 5) is 7.70. The molecule has 0 N–H and O–H groups in total. The minimum Gasteiger partial charge on any atom is -0.355 e. The van der Waals surface area contributed by atoms with Crippen LogP contribution in [0.5, 0.6) is 0 Å². The van der Waals surface area contributed by atoms with E-state index in [1.807, 2.05) is 23.5 Å². The largest absolute Gasteiger partial charge is 0.355 e. The summed E-state index contributed by atoms with van der Waals surface area (Å²) >= 11 is 3.81. The van der Waals surface area contributed by atoms with Crippen molar-refractivity contribution in [3.05, 3.63) is 96.1 Å². The molecule has 2 aliphatic rings. The number of nitrogens with zero attached hydrogens (tertiary/aromatic N) is 3. The zero-order valence-electron chi connectivity index (χ0n) is 22.8. The van der Waals surface area contributed by atoms with Crippen LogP contribution in [0.15, 0.2) is 106 Å². The third kappa shape index (κ3) is 6.57. The highest BCUT2D eigenvalue weighted by Gasteiger charge is 2.29. The number of rotatable bonds is 12. The molecule has 2 aromatic carbocycles. The molecule has 0 aromatic heterocycles. The highest BCUT2D eigenvalue weighted by molar-refractivity contribution is 8.03. The van der Waals surface area contributed by atoms with Crippen LogP contribution >= 0.6 is 23.5 Å². The van der Waals surface area contributed by atoms with E-state index in [9.17, 15) is 0 Å². The first-order valence-corrected chi connectivity index (χ1v) is 15.5. The summed E-state index contributed by atoms with van der Waals surface area (Å²) in [7, 11) is 0. The van der Waals surface area contributed by atoms with E-state index in [1.54, 1.807) is 0 Å². The number of para-hydroxylation sites is 2. The van der Waals surface area contributed by atoms with Crippen molar-refractivity contribution in [2.75, 3.05) is 49.1 Å². The van der Waals surface area contributed by atoms with Crippen LogP contribution < -0.4 is 9.80 Å². The Morgan fingerprint density at radius 3 is 2.16 bits per heavy atom. The second-order valence-corrected chi connectivity index (χ2v) is 11.7. The van der Waals surface area contributed by atoms with Gasteiger partial charge in [-0.05, 0) is 58.0 Å². The van der Waals surface area contributed by atoms with Crippen LogP contribution in [0.1, 0.15) is 34.1 Å². The van der Waals surface area contributed by atoms with Crippen molar-refractivity contribution in [2.45, 2.75) is 49.3 Å². The number of thioether (sulfide) groups is 2. The van der Waals surface area contributed by atoms with Gasteiger partial charge >= 0.3 is 0 Å². The second kappa shape index (κ2) is 13.5. The molecule has 4 rings (SSSR count). The summed E-state index contributed by atoms with van der Waals surface area (Å²) < 4.78 is 1.22. The van der Waals surface area contributed by atoms with Gasteiger partial charge in [0.1, 0.15) is 0 Å². The summed E-state index contributed by atoms with van der Waals surface area (Å²) in [5.74, 6) is 0. The molecular weight excluding hydrogens is 491 g/mol. The third-order valence-electron chi connectivity index (χ3n) is 7.69. The lowest BCUT2D eigenvalue weighted by Gasteiger charge is -2.36. The van der Waals surface area contributed by atoms with E-state index in [-0.39, 0.29) is 0 Å². The maximum absolute atomic E-state index is 2.59. The van der Waals surface area contributed by atoms with Crippen LogP contribution in [0.2, 0.25) is 0 Å². The fraction of sp³-hybridized carbons (Fsp3) is 0.375. The maximum atomic E-state index is 2.59. The minimum atomic E-state index is 0.353. The van der Waals surface area contributed by atoms with Crippen molar-refractivity contribution in [2.24, 2.45) is 0 Å². The highest BCUT2D eigenvalue weighted by Crippen LogP contribution is 2.45. The molecule has 1 atom stereocenters. The quantitative estimate of drug-likeness (QED) is 0.200. The number of hydrogen-bond donors (Lipinski definition) is 0. The number of fused-ring (bicyclic) bond motifs is 2. The molecule has 37 heavy (non-hydrogen) atoms. The Balaban J connectivity index is 1.35. The Morgan fingerprint density at radius 2 is 1.43 bits per heavy atom. The number of benzene rings is 2. The highest BCUT2D eigenvalue weighted by atomic mass is 32.2. The monoisotopic (exact) mass is 532 g/mol. The molecule has 2 heterocycles. The normalized spacial score (nSPS) is 18.7. The van der Waals surface area contributed by atoms with Gasteiger partial charge in [-0.25, -0.2) is 0 Å². The van der Waals surface area contributed by atoms with Crippen molar-refractivity contribution in [1.29, 1.82) is 0 Å². The molecule has 0 amide bonds. The standard InChI is InChI=1S/C32H42N3S2/c1-5-33-27-19-14-16-21-29(27)36-31(33)23-12-10-9-11-13-24-32-34(28-20-15-17-22-30(28)37-32)25-18-26-35(6-2,7-3)8-4/h9-17,19-24,32H,5-8,18,25-26H2,1-4H3/q+1. The molecule has 5 heteroatoms. The molecule has 2 aliphatic heterocycles. The first kappa shape index (κ1) is 27.7. The average molecular weight is 533 g/mol. The topological polar surface area (TPSA) is 6.48 Å². The Labute approximate surface area is 233 Å². The molecular formula is C32H42N3S2+. The molecule has 1 unspecified atom stereocenters. The van der Waals surface area contributed by atoms with Crippen LogP contribution in [0.25, 0.3) is 0 Å². The predicted octanol–water partition coefficient (Wildman–Crippen LogP) is 8.33. The van der Waals surface area contributed by atoms with Gasteiger partial charge in [0, 0.05) is 29.3 Å². The summed E-state index contributed by atoms with van der Waals surface area (Å²) in [6, 6.07) is 17.5.